The quantitative estimate of drug-likeness (QED) is 0.808. The second kappa shape index (κ2) is 5.79. The van der Waals surface area contributed by atoms with Crippen molar-refractivity contribution in [3.8, 4) is 11.5 Å². The Balaban J connectivity index is 2.27. The molecule has 2 aromatic rings. The van der Waals surface area contributed by atoms with Gasteiger partial charge in [0.15, 0.2) is 0 Å². The van der Waals surface area contributed by atoms with Crippen LogP contribution in [-0.4, -0.2) is 0 Å². The molecule has 0 heterocycles. The maximum atomic E-state index is 5.97. The minimum absolute atomic E-state index is 0.749. The number of hydrogen-bond acceptors (Lipinski definition) is 2. The van der Waals surface area contributed by atoms with Gasteiger partial charge in [-0.3, -0.25) is 0 Å². The van der Waals surface area contributed by atoms with Crippen LogP contribution >= 0.6 is 0 Å². The normalized spacial score (nSPS) is 10.5. The Labute approximate surface area is 115 Å². The van der Waals surface area contributed by atoms with E-state index in [0.717, 1.165) is 30.0 Å². The summed E-state index contributed by atoms with van der Waals surface area (Å²) in [5.41, 5.74) is 10.2. The molecular weight excluding hydrogens is 234 g/mol. The van der Waals surface area contributed by atoms with Crippen LogP contribution < -0.4 is 10.5 Å². The van der Waals surface area contributed by atoms with E-state index in [1.165, 1.54) is 16.7 Å². The van der Waals surface area contributed by atoms with Gasteiger partial charge in [0.2, 0.25) is 0 Å². The Morgan fingerprint density at radius 1 is 1.00 bits per heavy atom. The minimum Gasteiger partial charge on any atom is -0.457 e. The Morgan fingerprint density at radius 2 is 1.58 bits per heavy atom. The average molecular weight is 255 g/mol. The number of ether oxygens (including phenoxy) is 1. The Hall–Kier alpha value is -1.96. The molecule has 0 aliphatic rings. The third-order valence-corrected chi connectivity index (χ3v) is 3.16. The summed E-state index contributed by atoms with van der Waals surface area (Å²) in [5.74, 6) is 1.77. The van der Waals surface area contributed by atoms with Crippen LogP contribution in [0.15, 0.2) is 36.4 Å². The van der Waals surface area contributed by atoms with Gasteiger partial charge in [-0.2, -0.15) is 0 Å². The lowest BCUT2D eigenvalue weighted by Gasteiger charge is -2.14. The van der Waals surface area contributed by atoms with Crippen LogP contribution in [0.25, 0.3) is 0 Å². The van der Waals surface area contributed by atoms with E-state index in [9.17, 15) is 0 Å². The highest BCUT2D eigenvalue weighted by atomic mass is 16.5. The van der Waals surface area contributed by atoms with Crippen molar-refractivity contribution in [2.45, 2.75) is 33.6 Å². The summed E-state index contributed by atoms with van der Waals surface area (Å²) in [6.07, 6.45) is 2.28. The van der Waals surface area contributed by atoms with Gasteiger partial charge in [0, 0.05) is 5.69 Å². The van der Waals surface area contributed by atoms with Gasteiger partial charge in [0.05, 0.1) is 0 Å². The molecule has 2 nitrogen and oxygen atoms in total. The molecule has 0 bridgehead atoms. The van der Waals surface area contributed by atoms with Crippen molar-refractivity contribution in [1.82, 2.24) is 0 Å². The monoisotopic (exact) mass is 255 g/mol. The van der Waals surface area contributed by atoms with E-state index in [2.05, 4.69) is 32.9 Å². The Kier molecular flexibility index (Phi) is 4.10. The first-order valence-electron chi connectivity index (χ1n) is 6.73. The summed E-state index contributed by atoms with van der Waals surface area (Å²) in [6.45, 7) is 6.39. The zero-order valence-corrected chi connectivity index (χ0v) is 11.9. The standard InChI is InChI=1S/C17H21NO/c1-4-5-14-10-12(2)17(13(3)11-14)19-16-8-6-15(18)7-9-16/h6-11H,4-5,18H2,1-3H3. The van der Waals surface area contributed by atoms with Gasteiger partial charge >= 0.3 is 0 Å². The number of nitrogen functional groups attached to an aromatic ring is 1. The number of benzene rings is 2. The molecule has 0 spiro atoms. The number of nitrogens with two attached hydrogens (primary N) is 1. The highest BCUT2D eigenvalue weighted by Crippen LogP contribution is 2.30. The van der Waals surface area contributed by atoms with E-state index in [1.807, 2.05) is 24.3 Å². The fraction of sp³-hybridized carbons (Fsp3) is 0.294. The molecular formula is C17H21NO. The van der Waals surface area contributed by atoms with Crippen molar-refractivity contribution in [3.05, 3.63) is 53.1 Å². The lowest BCUT2D eigenvalue weighted by atomic mass is 10.0. The van der Waals surface area contributed by atoms with Gasteiger partial charge in [-0.1, -0.05) is 25.5 Å². The smallest absolute Gasteiger partial charge is 0.133 e. The maximum Gasteiger partial charge on any atom is 0.133 e. The molecule has 2 N–H and O–H groups in total. The molecule has 0 aromatic heterocycles. The topological polar surface area (TPSA) is 35.2 Å². The fourth-order valence-corrected chi connectivity index (χ4v) is 2.29. The molecule has 0 fully saturated rings. The molecule has 0 radical (unpaired) electrons. The van der Waals surface area contributed by atoms with Crippen molar-refractivity contribution in [3.63, 3.8) is 0 Å². The molecule has 100 valence electrons. The molecule has 2 heteroatoms. The lowest BCUT2D eigenvalue weighted by molar-refractivity contribution is 0.475. The number of anilines is 1. The molecule has 2 rings (SSSR count). The van der Waals surface area contributed by atoms with Gasteiger partial charge in [0.1, 0.15) is 11.5 Å². The van der Waals surface area contributed by atoms with Crippen molar-refractivity contribution < 1.29 is 4.74 Å². The first kappa shape index (κ1) is 13.5. The molecule has 0 saturated heterocycles. The third-order valence-electron chi connectivity index (χ3n) is 3.16. The van der Waals surface area contributed by atoms with Crippen LogP contribution in [0.2, 0.25) is 0 Å². The zero-order chi connectivity index (χ0) is 13.8. The van der Waals surface area contributed by atoms with Crippen LogP contribution in [0.4, 0.5) is 5.69 Å². The predicted molar refractivity (Wildman–Crippen MR) is 80.8 cm³/mol. The molecule has 0 amide bonds. The van der Waals surface area contributed by atoms with Gasteiger partial charge in [-0.05, 0) is 61.2 Å². The van der Waals surface area contributed by atoms with E-state index in [4.69, 9.17) is 10.5 Å². The van der Waals surface area contributed by atoms with E-state index in [-0.39, 0.29) is 0 Å². The maximum absolute atomic E-state index is 5.97. The molecule has 0 aliphatic heterocycles. The largest absolute Gasteiger partial charge is 0.457 e. The molecule has 19 heavy (non-hydrogen) atoms. The first-order chi connectivity index (χ1) is 9.10. The Bertz CT molecular complexity index is 535. The van der Waals surface area contributed by atoms with Gasteiger partial charge in [-0.25, -0.2) is 0 Å². The summed E-state index contributed by atoms with van der Waals surface area (Å²) in [5, 5.41) is 0. The van der Waals surface area contributed by atoms with Crippen LogP contribution in [0, 0.1) is 13.8 Å². The summed E-state index contributed by atoms with van der Waals surface area (Å²) in [4.78, 5) is 0. The van der Waals surface area contributed by atoms with E-state index < -0.39 is 0 Å². The lowest BCUT2D eigenvalue weighted by Crippen LogP contribution is -1.94. The molecule has 2 aromatic carbocycles. The van der Waals surface area contributed by atoms with Crippen LogP contribution in [-0.2, 0) is 6.42 Å². The predicted octanol–water partition coefficient (Wildman–Crippen LogP) is 4.63. The molecule has 0 atom stereocenters. The second-order valence-electron chi connectivity index (χ2n) is 4.98. The van der Waals surface area contributed by atoms with E-state index in [1.54, 1.807) is 0 Å². The SMILES string of the molecule is CCCc1cc(C)c(Oc2ccc(N)cc2)c(C)c1. The van der Waals surface area contributed by atoms with E-state index >= 15 is 0 Å². The van der Waals surface area contributed by atoms with Gasteiger partial charge in [0.25, 0.3) is 0 Å². The highest BCUT2D eigenvalue weighted by Gasteiger charge is 2.07. The van der Waals surface area contributed by atoms with Crippen LogP contribution in [0.1, 0.15) is 30.0 Å². The van der Waals surface area contributed by atoms with Crippen molar-refractivity contribution in [1.29, 1.82) is 0 Å². The van der Waals surface area contributed by atoms with Crippen molar-refractivity contribution in [2.75, 3.05) is 5.73 Å². The van der Waals surface area contributed by atoms with Crippen LogP contribution in [0.5, 0.6) is 11.5 Å². The highest BCUT2D eigenvalue weighted by molar-refractivity contribution is 5.48. The first-order valence-corrected chi connectivity index (χ1v) is 6.73. The summed E-state index contributed by atoms with van der Waals surface area (Å²) in [7, 11) is 0. The zero-order valence-electron chi connectivity index (χ0n) is 11.9. The number of aryl methyl sites for hydroxylation is 3. The fourth-order valence-electron chi connectivity index (χ4n) is 2.29. The summed E-state index contributed by atoms with van der Waals surface area (Å²) < 4.78 is 5.97. The van der Waals surface area contributed by atoms with E-state index in [0.29, 0.717) is 0 Å². The summed E-state index contributed by atoms with van der Waals surface area (Å²) in [6, 6.07) is 11.9. The molecule has 0 saturated carbocycles. The molecule has 0 aliphatic carbocycles. The molecule has 0 unspecified atom stereocenters. The Morgan fingerprint density at radius 3 is 2.11 bits per heavy atom. The number of rotatable bonds is 4. The van der Waals surface area contributed by atoms with Crippen molar-refractivity contribution >= 4 is 5.69 Å². The second-order valence-corrected chi connectivity index (χ2v) is 4.98. The summed E-state index contributed by atoms with van der Waals surface area (Å²) >= 11 is 0. The third kappa shape index (κ3) is 3.28. The van der Waals surface area contributed by atoms with Crippen LogP contribution in [0.3, 0.4) is 0 Å². The van der Waals surface area contributed by atoms with Gasteiger partial charge in [-0.15, -0.1) is 0 Å². The van der Waals surface area contributed by atoms with Crippen molar-refractivity contribution in [2.24, 2.45) is 0 Å². The minimum atomic E-state index is 0.749. The van der Waals surface area contributed by atoms with Gasteiger partial charge < -0.3 is 10.5 Å². The number of hydrogen-bond donors (Lipinski definition) is 1. The average Bonchev–Trinajstić information content (AvgIpc) is 2.36.